The van der Waals surface area contributed by atoms with E-state index in [1.165, 1.54) is 6.92 Å². The number of pyridine rings is 1. The molecule has 0 aliphatic rings. The Balaban J connectivity index is 2.28. The third-order valence-corrected chi connectivity index (χ3v) is 4.48. The maximum atomic E-state index is 11.2. The zero-order chi connectivity index (χ0) is 16.2. The average molecular weight is 317 g/mol. The van der Waals surface area contributed by atoms with E-state index in [-0.39, 0.29) is 0 Å². The molecular weight excluding hydrogens is 298 g/mol. The monoisotopic (exact) mass is 317 g/mol. The fourth-order valence-electron chi connectivity index (χ4n) is 1.85. The van der Waals surface area contributed by atoms with Crippen LogP contribution in [0.25, 0.3) is 10.9 Å². The molecule has 0 spiro atoms. The number of aliphatic imine (C=N–C) groups is 1. The summed E-state index contributed by atoms with van der Waals surface area (Å²) < 4.78 is 22.4. The maximum Gasteiger partial charge on any atom is 0.215 e. The first-order valence-corrected chi connectivity index (χ1v) is 8.64. The van der Waals surface area contributed by atoms with E-state index in [0.717, 1.165) is 16.6 Å². The van der Waals surface area contributed by atoms with Crippen molar-refractivity contribution >= 4 is 32.5 Å². The Bertz CT molecular complexity index is 826. The Morgan fingerprint density at radius 3 is 2.73 bits per heavy atom. The first kappa shape index (κ1) is 16.3. The second-order valence-electron chi connectivity index (χ2n) is 4.97. The summed E-state index contributed by atoms with van der Waals surface area (Å²) in [7, 11) is -3.57. The van der Waals surface area contributed by atoms with Gasteiger partial charge in [0, 0.05) is 11.1 Å². The Morgan fingerprint density at radius 2 is 2.05 bits per heavy atom. The molecule has 1 aromatic carbocycles. The molecular formula is C16H19N3O2S. The van der Waals surface area contributed by atoms with Crippen molar-refractivity contribution in [2.75, 3.05) is 0 Å². The van der Waals surface area contributed by atoms with Gasteiger partial charge in [-0.2, -0.15) is 0 Å². The van der Waals surface area contributed by atoms with Crippen LogP contribution in [0.2, 0.25) is 0 Å². The Morgan fingerprint density at radius 1 is 1.32 bits per heavy atom. The molecule has 5 nitrogen and oxygen atoms in total. The predicted molar refractivity (Wildman–Crippen MR) is 90.8 cm³/mol. The van der Waals surface area contributed by atoms with Gasteiger partial charge in [0.1, 0.15) is 0 Å². The molecule has 0 aliphatic heterocycles. The number of para-hydroxylation sites is 1. The number of allylic oxidation sites excluding steroid dienone is 1. The Kier molecular flexibility index (Phi) is 5.05. The normalized spacial score (nSPS) is 14.6. The smallest absolute Gasteiger partial charge is 0.215 e. The van der Waals surface area contributed by atoms with Gasteiger partial charge in [0.15, 0.2) is 5.82 Å². The highest BCUT2D eigenvalue weighted by atomic mass is 32.2. The van der Waals surface area contributed by atoms with E-state index in [4.69, 9.17) is 5.14 Å². The maximum absolute atomic E-state index is 11.2. The molecule has 0 bridgehead atoms. The van der Waals surface area contributed by atoms with Gasteiger partial charge in [-0.05, 0) is 37.6 Å². The molecule has 0 saturated heterocycles. The number of aromatic nitrogens is 1. The van der Waals surface area contributed by atoms with Gasteiger partial charge in [-0.3, -0.25) is 0 Å². The van der Waals surface area contributed by atoms with Gasteiger partial charge in [0.25, 0.3) is 0 Å². The van der Waals surface area contributed by atoms with Crippen molar-refractivity contribution in [2.24, 2.45) is 10.1 Å². The van der Waals surface area contributed by atoms with Gasteiger partial charge in [0.05, 0.1) is 10.8 Å². The molecule has 1 unspecified atom stereocenters. The molecule has 1 atom stereocenters. The van der Waals surface area contributed by atoms with E-state index in [1.807, 2.05) is 43.3 Å². The Labute approximate surface area is 130 Å². The summed E-state index contributed by atoms with van der Waals surface area (Å²) in [6, 6.07) is 11.6. The number of fused-ring (bicyclic) bond motifs is 1. The van der Waals surface area contributed by atoms with Crippen LogP contribution in [-0.2, 0) is 10.0 Å². The summed E-state index contributed by atoms with van der Waals surface area (Å²) in [5.74, 6) is 0.600. The summed E-state index contributed by atoms with van der Waals surface area (Å²) in [5, 5.41) is 5.40. The number of benzene rings is 1. The van der Waals surface area contributed by atoms with Crippen molar-refractivity contribution in [1.82, 2.24) is 4.98 Å². The van der Waals surface area contributed by atoms with Gasteiger partial charge < -0.3 is 0 Å². The van der Waals surface area contributed by atoms with Crippen LogP contribution < -0.4 is 5.14 Å². The molecule has 1 heterocycles. The number of nitrogens with two attached hydrogens (primary N) is 1. The standard InChI is InChI=1S/C16H19N3O2S/c1-3-14(10-8-12(2)22(17,20)21)18-16-11-9-13-6-4-5-7-15(13)19-16/h4-12H,3H2,1-2H3,(H2,17,20,21)/b10-8-,18-14?. The van der Waals surface area contributed by atoms with Gasteiger partial charge in [0.2, 0.25) is 10.0 Å². The molecule has 0 saturated carbocycles. The zero-order valence-corrected chi connectivity index (χ0v) is 13.4. The van der Waals surface area contributed by atoms with Crippen molar-refractivity contribution in [1.29, 1.82) is 0 Å². The van der Waals surface area contributed by atoms with E-state index in [2.05, 4.69) is 9.98 Å². The van der Waals surface area contributed by atoms with Crippen LogP contribution in [0.15, 0.2) is 53.5 Å². The molecule has 0 fully saturated rings. The first-order chi connectivity index (χ1) is 10.4. The summed E-state index contributed by atoms with van der Waals surface area (Å²) in [6.07, 6.45) is 3.90. The lowest BCUT2D eigenvalue weighted by Gasteiger charge is -2.03. The zero-order valence-electron chi connectivity index (χ0n) is 12.6. The summed E-state index contributed by atoms with van der Waals surface area (Å²) >= 11 is 0. The van der Waals surface area contributed by atoms with Crippen LogP contribution in [0.1, 0.15) is 20.3 Å². The van der Waals surface area contributed by atoms with Crippen molar-refractivity contribution in [3.05, 3.63) is 48.6 Å². The van der Waals surface area contributed by atoms with Crippen molar-refractivity contribution < 1.29 is 8.42 Å². The largest absolute Gasteiger partial charge is 0.234 e. The molecule has 0 aliphatic carbocycles. The number of sulfonamides is 1. The molecule has 0 amide bonds. The van der Waals surface area contributed by atoms with Crippen molar-refractivity contribution in [3.8, 4) is 0 Å². The Hall–Kier alpha value is -2.05. The van der Waals surface area contributed by atoms with Crippen LogP contribution in [0.5, 0.6) is 0 Å². The summed E-state index contributed by atoms with van der Waals surface area (Å²) in [6.45, 7) is 3.49. The highest BCUT2D eigenvalue weighted by molar-refractivity contribution is 7.89. The van der Waals surface area contributed by atoms with Gasteiger partial charge in [-0.25, -0.2) is 23.5 Å². The van der Waals surface area contributed by atoms with Gasteiger partial charge >= 0.3 is 0 Å². The van der Waals surface area contributed by atoms with Crippen LogP contribution in [0.4, 0.5) is 5.82 Å². The SMILES string of the molecule is CCC(/C=C\C(C)S(N)(=O)=O)=Nc1ccc2ccccc2n1. The molecule has 2 N–H and O–H groups in total. The van der Waals surface area contributed by atoms with E-state index < -0.39 is 15.3 Å². The topological polar surface area (TPSA) is 85.4 Å². The van der Waals surface area contributed by atoms with E-state index >= 15 is 0 Å². The number of rotatable bonds is 5. The lowest BCUT2D eigenvalue weighted by molar-refractivity contribution is 0.593. The molecule has 0 radical (unpaired) electrons. The molecule has 6 heteroatoms. The highest BCUT2D eigenvalue weighted by Crippen LogP contribution is 2.17. The van der Waals surface area contributed by atoms with E-state index in [0.29, 0.717) is 12.2 Å². The summed E-state index contributed by atoms with van der Waals surface area (Å²) in [4.78, 5) is 8.94. The lowest BCUT2D eigenvalue weighted by atomic mass is 10.2. The molecule has 116 valence electrons. The van der Waals surface area contributed by atoms with Crippen molar-refractivity contribution in [2.45, 2.75) is 25.5 Å². The number of primary sulfonamides is 1. The van der Waals surface area contributed by atoms with Crippen molar-refractivity contribution in [3.63, 3.8) is 0 Å². The fourth-order valence-corrected chi connectivity index (χ4v) is 2.15. The first-order valence-electron chi connectivity index (χ1n) is 7.03. The number of hydrogen-bond donors (Lipinski definition) is 1. The minimum atomic E-state index is -3.57. The molecule has 1 aromatic heterocycles. The number of nitrogens with zero attached hydrogens (tertiary/aromatic N) is 2. The average Bonchev–Trinajstić information content (AvgIpc) is 2.49. The van der Waals surface area contributed by atoms with Gasteiger partial charge in [-0.1, -0.05) is 31.2 Å². The molecule has 2 aromatic rings. The second-order valence-corrected chi connectivity index (χ2v) is 6.89. The van der Waals surface area contributed by atoms with E-state index in [1.54, 1.807) is 12.2 Å². The predicted octanol–water partition coefficient (Wildman–Crippen LogP) is 2.95. The number of hydrogen-bond acceptors (Lipinski definition) is 4. The third-order valence-electron chi connectivity index (χ3n) is 3.28. The van der Waals surface area contributed by atoms with E-state index in [9.17, 15) is 8.42 Å². The van der Waals surface area contributed by atoms with Crippen LogP contribution in [0.3, 0.4) is 0 Å². The highest BCUT2D eigenvalue weighted by Gasteiger charge is 2.11. The minimum absolute atomic E-state index is 0.600. The third kappa shape index (κ3) is 4.22. The quantitative estimate of drug-likeness (QED) is 0.860. The van der Waals surface area contributed by atoms with Crippen LogP contribution in [0, 0.1) is 0 Å². The molecule has 22 heavy (non-hydrogen) atoms. The van der Waals surface area contributed by atoms with Gasteiger partial charge in [-0.15, -0.1) is 0 Å². The van der Waals surface area contributed by atoms with Crippen LogP contribution in [-0.4, -0.2) is 24.4 Å². The minimum Gasteiger partial charge on any atom is -0.234 e. The fraction of sp³-hybridized carbons (Fsp3) is 0.250. The second kappa shape index (κ2) is 6.81. The lowest BCUT2D eigenvalue weighted by Crippen LogP contribution is -2.24. The molecule has 2 rings (SSSR count). The summed E-state index contributed by atoms with van der Waals surface area (Å²) in [5.41, 5.74) is 1.62. The van der Waals surface area contributed by atoms with Crippen LogP contribution >= 0.6 is 0 Å².